The van der Waals surface area contributed by atoms with Gasteiger partial charge in [0.1, 0.15) is 0 Å². The summed E-state index contributed by atoms with van der Waals surface area (Å²) in [6.45, 7) is 4.03. The first-order valence-electron chi connectivity index (χ1n) is 8.68. The summed E-state index contributed by atoms with van der Waals surface area (Å²) in [5, 5.41) is 0.737. The fraction of sp³-hybridized carbons (Fsp3) is 0.556. The lowest BCUT2D eigenvalue weighted by Crippen LogP contribution is -2.37. The molecule has 1 amide bonds. The second kappa shape index (κ2) is 7.42. The van der Waals surface area contributed by atoms with Crippen LogP contribution in [0.25, 0.3) is 10.2 Å². The molecule has 1 fully saturated rings. The Bertz CT molecular complexity index is 782. The largest absolute Gasteiger partial charge is 0.416 e. The first-order valence-corrected chi connectivity index (χ1v) is 9.50. The molecule has 0 unspecified atom stereocenters. The number of carbonyl (C=O) groups excluding carboxylic acids is 1. The smallest absolute Gasteiger partial charge is 0.351 e. The number of hydrogen-bond donors (Lipinski definition) is 0. The average molecular weight is 385 g/mol. The fourth-order valence-electron chi connectivity index (χ4n) is 3.26. The summed E-state index contributed by atoms with van der Waals surface area (Å²) in [5.41, 5.74) is -0.0419. The number of thiazole rings is 1. The lowest BCUT2D eigenvalue weighted by atomic mass is 9.93. The monoisotopic (exact) mass is 385 g/mol. The number of likely N-dealkylation sites (tertiary alicyclic amines) is 1. The third kappa shape index (κ3) is 4.28. The second-order valence-electron chi connectivity index (χ2n) is 6.84. The maximum atomic E-state index is 12.8. The van der Waals surface area contributed by atoms with Crippen molar-refractivity contribution in [3.8, 4) is 0 Å². The van der Waals surface area contributed by atoms with E-state index in [9.17, 15) is 18.0 Å². The lowest BCUT2D eigenvalue weighted by molar-refractivity contribution is -0.137. The number of aromatic nitrogens is 1. The van der Waals surface area contributed by atoms with E-state index in [4.69, 9.17) is 0 Å². The number of nitrogens with zero attached hydrogens (tertiary/aromatic N) is 3. The van der Waals surface area contributed by atoms with Crippen molar-refractivity contribution < 1.29 is 18.0 Å². The molecule has 3 rings (SSSR count). The van der Waals surface area contributed by atoms with Crippen LogP contribution in [0.3, 0.4) is 0 Å². The van der Waals surface area contributed by atoms with Gasteiger partial charge in [0.2, 0.25) is 5.91 Å². The van der Waals surface area contributed by atoms with Gasteiger partial charge in [-0.3, -0.25) is 4.79 Å². The van der Waals surface area contributed by atoms with Crippen LogP contribution in [-0.2, 0) is 11.0 Å². The topological polar surface area (TPSA) is 36.4 Å². The Kier molecular flexibility index (Phi) is 5.41. The van der Waals surface area contributed by atoms with Crippen molar-refractivity contribution in [1.29, 1.82) is 0 Å². The van der Waals surface area contributed by atoms with Crippen molar-refractivity contribution in [3.63, 3.8) is 0 Å². The highest BCUT2D eigenvalue weighted by Gasteiger charge is 2.31. The normalized spacial score (nSPS) is 16.3. The van der Waals surface area contributed by atoms with Gasteiger partial charge in [-0.05, 0) is 43.4 Å². The van der Waals surface area contributed by atoms with Crippen LogP contribution in [-0.4, -0.2) is 42.5 Å². The third-order valence-electron chi connectivity index (χ3n) is 4.96. The van der Waals surface area contributed by atoms with Crippen molar-refractivity contribution in [3.05, 3.63) is 23.8 Å². The molecule has 0 bridgehead atoms. The van der Waals surface area contributed by atoms with Crippen molar-refractivity contribution in [2.24, 2.45) is 5.92 Å². The molecule has 1 saturated heterocycles. The highest BCUT2D eigenvalue weighted by atomic mass is 32.1. The van der Waals surface area contributed by atoms with Crippen molar-refractivity contribution in [2.75, 3.05) is 31.6 Å². The second-order valence-corrected chi connectivity index (χ2v) is 7.85. The van der Waals surface area contributed by atoms with Crippen molar-refractivity contribution in [1.82, 2.24) is 9.88 Å². The van der Waals surface area contributed by atoms with Crippen LogP contribution in [0.1, 0.15) is 31.7 Å². The Labute approximate surface area is 154 Å². The number of amides is 1. The van der Waals surface area contributed by atoms with Gasteiger partial charge >= 0.3 is 6.18 Å². The van der Waals surface area contributed by atoms with Gasteiger partial charge in [0.25, 0.3) is 0 Å². The zero-order chi connectivity index (χ0) is 18.9. The maximum Gasteiger partial charge on any atom is 0.416 e. The molecule has 1 aliphatic heterocycles. The Balaban J connectivity index is 1.60. The highest BCUT2D eigenvalue weighted by molar-refractivity contribution is 7.22. The Morgan fingerprint density at radius 3 is 2.65 bits per heavy atom. The zero-order valence-corrected chi connectivity index (χ0v) is 15.7. The molecule has 0 spiro atoms. The highest BCUT2D eigenvalue weighted by Crippen LogP contribution is 2.35. The van der Waals surface area contributed by atoms with Crippen molar-refractivity contribution >= 4 is 32.6 Å². The molecule has 142 valence electrons. The number of hydrogen-bond acceptors (Lipinski definition) is 4. The van der Waals surface area contributed by atoms with Crippen LogP contribution in [0.5, 0.6) is 0 Å². The first-order chi connectivity index (χ1) is 12.2. The van der Waals surface area contributed by atoms with Crippen LogP contribution >= 0.6 is 11.3 Å². The Morgan fingerprint density at radius 1 is 1.35 bits per heavy atom. The summed E-state index contributed by atoms with van der Waals surface area (Å²) in [5.74, 6) is 0.701. The lowest BCUT2D eigenvalue weighted by Gasteiger charge is -2.32. The van der Waals surface area contributed by atoms with E-state index in [-0.39, 0.29) is 5.91 Å². The van der Waals surface area contributed by atoms with Gasteiger partial charge in [-0.1, -0.05) is 11.3 Å². The van der Waals surface area contributed by atoms with E-state index in [1.165, 1.54) is 23.5 Å². The van der Waals surface area contributed by atoms with Crippen LogP contribution in [0, 0.1) is 5.92 Å². The van der Waals surface area contributed by atoms with Gasteiger partial charge in [0.05, 0.1) is 15.8 Å². The quantitative estimate of drug-likeness (QED) is 0.783. The summed E-state index contributed by atoms with van der Waals surface area (Å²) in [6.07, 6.45) is -1.34. The molecule has 4 nitrogen and oxygen atoms in total. The van der Waals surface area contributed by atoms with Gasteiger partial charge in [0, 0.05) is 33.6 Å². The summed E-state index contributed by atoms with van der Waals surface area (Å²) < 4.78 is 39.1. The summed E-state index contributed by atoms with van der Waals surface area (Å²) in [4.78, 5) is 19.7. The number of alkyl halides is 3. The van der Waals surface area contributed by atoms with E-state index in [2.05, 4.69) is 4.98 Å². The molecule has 0 N–H and O–H groups in total. The molecule has 2 aromatic rings. The number of benzene rings is 1. The number of rotatable bonds is 4. The van der Waals surface area contributed by atoms with Crippen LogP contribution in [0.2, 0.25) is 0 Å². The predicted octanol–water partition coefficient (Wildman–Crippen LogP) is 4.40. The van der Waals surface area contributed by atoms with Gasteiger partial charge in [-0.25, -0.2) is 4.98 Å². The van der Waals surface area contributed by atoms with Crippen LogP contribution < -0.4 is 4.90 Å². The number of anilines is 1. The molecule has 0 radical (unpaired) electrons. The summed E-state index contributed by atoms with van der Waals surface area (Å²) >= 11 is 1.29. The standard InChI is InChI=1S/C18H22F3N3OS/c1-12(25)24-9-6-13(7-10-24)5-8-23(2)17-22-15-4-3-14(18(19,20)21)11-16(15)26-17/h3-4,11,13H,5-10H2,1-2H3. The minimum Gasteiger partial charge on any atom is -0.351 e. The van der Waals surface area contributed by atoms with E-state index < -0.39 is 11.7 Å². The molecule has 1 aromatic carbocycles. The van der Waals surface area contributed by atoms with Crippen LogP contribution in [0.15, 0.2) is 18.2 Å². The fourth-order valence-corrected chi connectivity index (χ4v) is 4.25. The number of halogens is 3. The molecule has 0 aliphatic carbocycles. The minimum atomic E-state index is -4.33. The molecule has 0 atom stereocenters. The third-order valence-corrected chi connectivity index (χ3v) is 6.10. The van der Waals surface area contributed by atoms with E-state index in [1.807, 2.05) is 16.8 Å². The van der Waals surface area contributed by atoms with Gasteiger partial charge in [-0.15, -0.1) is 0 Å². The number of fused-ring (bicyclic) bond motifs is 1. The number of carbonyl (C=O) groups is 1. The van der Waals surface area contributed by atoms with E-state index >= 15 is 0 Å². The molecular weight excluding hydrogens is 363 g/mol. The SMILES string of the molecule is CC(=O)N1CCC(CCN(C)c2nc3ccc(C(F)(F)F)cc3s2)CC1. The summed E-state index contributed by atoms with van der Waals surface area (Å²) in [6, 6.07) is 3.68. The average Bonchev–Trinajstić information content (AvgIpc) is 3.02. The first kappa shape index (κ1) is 18.9. The maximum absolute atomic E-state index is 12.8. The van der Waals surface area contributed by atoms with E-state index in [0.29, 0.717) is 16.1 Å². The predicted molar refractivity (Wildman–Crippen MR) is 97.5 cm³/mol. The van der Waals surface area contributed by atoms with Gasteiger partial charge in [-0.2, -0.15) is 13.2 Å². The van der Waals surface area contributed by atoms with E-state index in [1.54, 1.807) is 6.92 Å². The molecule has 2 heterocycles. The number of piperidine rings is 1. The van der Waals surface area contributed by atoms with Gasteiger partial charge in [0.15, 0.2) is 5.13 Å². The Morgan fingerprint density at radius 2 is 2.04 bits per heavy atom. The molecular formula is C18H22F3N3OS. The van der Waals surface area contributed by atoms with Gasteiger partial charge < -0.3 is 9.80 Å². The molecule has 26 heavy (non-hydrogen) atoms. The zero-order valence-electron chi connectivity index (χ0n) is 14.8. The molecule has 1 aromatic heterocycles. The molecule has 8 heteroatoms. The molecule has 1 aliphatic rings. The minimum absolute atomic E-state index is 0.133. The van der Waals surface area contributed by atoms with Crippen molar-refractivity contribution in [2.45, 2.75) is 32.4 Å². The Hall–Kier alpha value is -1.83. The van der Waals surface area contributed by atoms with Crippen LogP contribution in [0.4, 0.5) is 18.3 Å². The molecule has 0 saturated carbocycles. The van der Waals surface area contributed by atoms with E-state index in [0.717, 1.165) is 50.1 Å². The summed E-state index contributed by atoms with van der Waals surface area (Å²) in [7, 11) is 1.92.